The minimum absolute atomic E-state index is 0.739. The summed E-state index contributed by atoms with van der Waals surface area (Å²) in [5, 5.41) is 13.0. The number of allylic oxidation sites excluding steroid dienone is 8. The van der Waals surface area contributed by atoms with Crippen LogP contribution in [0.25, 0.3) is 27.5 Å². The summed E-state index contributed by atoms with van der Waals surface area (Å²) in [4.78, 5) is 2.29. The highest BCUT2D eigenvalue weighted by Crippen LogP contribution is 2.38. The van der Waals surface area contributed by atoms with E-state index >= 15 is 0 Å². The Morgan fingerprint density at radius 2 is 1.33 bits per heavy atom. The van der Waals surface area contributed by atoms with E-state index in [1.807, 2.05) is 20.8 Å². The number of rotatable bonds is 10. The fourth-order valence-corrected chi connectivity index (χ4v) is 5.79. The van der Waals surface area contributed by atoms with Crippen molar-refractivity contribution in [2.24, 2.45) is 0 Å². The third kappa shape index (κ3) is 7.16. The van der Waals surface area contributed by atoms with E-state index < -0.39 is 11.2 Å². The van der Waals surface area contributed by atoms with Gasteiger partial charge in [-0.25, -0.2) is 0 Å². The van der Waals surface area contributed by atoms with Crippen molar-refractivity contribution in [3.63, 3.8) is 0 Å². The Hall–Kier alpha value is -4.90. The van der Waals surface area contributed by atoms with Gasteiger partial charge in [-0.2, -0.15) is 0 Å². The number of hydrogen-bond donors (Lipinski definition) is 1. The van der Waals surface area contributed by atoms with Crippen molar-refractivity contribution in [2.75, 3.05) is 4.90 Å². The molecule has 0 fully saturated rings. The van der Waals surface area contributed by atoms with Crippen LogP contribution in [0.5, 0.6) is 0 Å². The molecule has 3 nitrogen and oxygen atoms in total. The van der Waals surface area contributed by atoms with E-state index in [2.05, 4.69) is 157 Å². The maximum atomic E-state index is 10.5. The maximum absolute atomic E-state index is 10.5. The van der Waals surface area contributed by atoms with Crippen LogP contribution in [0, 0.1) is 0 Å². The molecule has 0 saturated carbocycles. The van der Waals surface area contributed by atoms with Crippen LogP contribution in [-0.2, 0) is 4.65 Å². The van der Waals surface area contributed by atoms with Gasteiger partial charge in [-0.3, -0.25) is 0 Å². The molecule has 5 aromatic carbocycles. The van der Waals surface area contributed by atoms with Gasteiger partial charge in [0, 0.05) is 17.1 Å². The van der Waals surface area contributed by atoms with Gasteiger partial charge in [0.2, 0.25) is 0 Å². The van der Waals surface area contributed by atoms with E-state index in [1.54, 1.807) is 21.3 Å². The quantitative estimate of drug-likeness (QED) is 0.156. The number of hydrogen-bond acceptors (Lipinski definition) is 3. The van der Waals surface area contributed by atoms with Gasteiger partial charge in [0.1, 0.15) is 0 Å². The summed E-state index contributed by atoms with van der Waals surface area (Å²) in [5.41, 5.74) is 8.53. The zero-order valence-corrected chi connectivity index (χ0v) is 28.5. The lowest BCUT2D eigenvalue weighted by Crippen LogP contribution is -2.49. The fourth-order valence-electron chi connectivity index (χ4n) is 5.79. The van der Waals surface area contributed by atoms with Crippen LogP contribution in [0.1, 0.15) is 46.6 Å². The lowest BCUT2D eigenvalue weighted by Gasteiger charge is -2.37. The summed E-state index contributed by atoms with van der Waals surface area (Å²) in [5.74, 6) is 0. The molecule has 0 saturated heterocycles. The highest BCUT2D eigenvalue weighted by Gasteiger charge is 2.35. The van der Waals surface area contributed by atoms with E-state index in [9.17, 15) is 5.11 Å². The number of fused-ring (bicyclic) bond motifs is 1. The van der Waals surface area contributed by atoms with E-state index in [1.165, 1.54) is 38.6 Å². The topological polar surface area (TPSA) is 32.7 Å². The number of benzene rings is 5. The van der Waals surface area contributed by atoms with E-state index in [0.29, 0.717) is 0 Å². The van der Waals surface area contributed by atoms with E-state index in [-0.39, 0.29) is 0 Å². The smallest absolute Gasteiger partial charge is 0.330 e. The van der Waals surface area contributed by atoms with Crippen molar-refractivity contribution in [3.05, 3.63) is 163 Å². The first-order valence-electron chi connectivity index (χ1n) is 16.7. The van der Waals surface area contributed by atoms with Crippen molar-refractivity contribution < 1.29 is 9.76 Å². The second kappa shape index (κ2) is 14.1. The van der Waals surface area contributed by atoms with Gasteiger partial charge in [0.25, 0.3) is 0 Å². The molecule has 4 heteroatoms. The molecule has 1 aliphatic carbocycles. The summed E-state index contributed by atoms with van der Waals surface area (Å²) in [6.07, 6.45) is 13.9. The third-order valence-electron chi connectivity index (χ3n) is 9.35. The molecular weight excluding hydrogens is 585 g/mol. The number of nitrogens with zero attached hydrogens (tertiary/aromatic N) is 1. The van der Waals surface area contributed by atoms with Crippen LogP contribution in [0.4, 0.5) is 17.1 Å². The Morgan fingerprint density at radius 1 is 0.729 bits per heavy atom. The fraction of sp³-hybridized carbons (Fsp3) is 0.182. The van der Waals surface area contributed by atoms with E-state index in [4.69, 9.17) is 4.65 Å². The zero-order chi connectivity index (χ0) is 33.7. The second-order valence-corrected chi connectivity index (χ2v) is 13.3. The lowest BCUT2D eigenvalue weighted by molar-refractivity contribution is -0.0893. The molecule has 1 N–H and O–H groups in total. The summed E-state index contributed by atoms with van der Waals surface area (Å²) in [6, 6.07) is 41.0. The highest BCUT2D eigenvalue weighted by atomic mass is 16.5. The van der Waals surface area contributed by atoms with Crippen molar-refractivity contribution in [1.29, 1.82) is 0 Å². The predicted octanol–water partition coefficient (Wildman–Crippen LogP) is 10.6. The minimum atomic E-state index is -0.988. The molecule has 0 aromatic heterocycles. The molecule has 0 atom stereocenters. The maximum Gasteiger partial charge on any atom is 0.330 e. The second-order valence-electron chi connectivity index (χ2n) is 13.3. The summed E-state index contributed by atoms with van der Waals surface area (Å²) in [7, 11) is 1.73. The molecule has 0 amide bonds. The molecule has 0 bridgehead atoms. The number of anilines is 3. The zero-order valence-electron chi connectivity index (χ0n) is 28.5. The largest absolute Gasteiger partial charge is 0.427 e. The molecule has 0 aliphatic heterocycles. The van der Waals surface area contributed by atoms with Crippen LogP contribution in [-0.4, -0.2) is 23.8 Å². The Labute approximate surface area is 286 Å². The first kappa shape index (κ1) is 33.0. The van der Waals surface area contributed by atoms with Crippen molar-refractivity contribution in [1.82, 2.24) is 0 Å². The summed E-state index contributed by atoms with van der Waals surface area (Å²) in [6.45, 7) is 9.36. The highest BCUT2D eigenvalue weighted by molar-refractivity contribution is 6.47. The molecule has 1 radical (unpaired) electrons. The Bertz CT molecular complexity index is 1990. The first-order chi connectivity index (χ1) is 23.1. The molecular formula is C44H43BNO2. The lowest BCUT2D eigenvalue weighted by atomic mass is 9.82. The SMILES string of the molecule is C/C=C\C=C1/CC=CC=C1c1ccc(N(c2ccc([B]OC(C)(C)C(C)(C)O)cc2)c2ccc(-c3cccc4ccccc34)cc2)cc1. The van der Waals surface area contributed by atoms with Gasteiger partial charge in [0.05, 0.1) is 11.2 Å². The minimum Gasteiger partial charge on any atom is -0.427 e. The van der Waals surface area contributed by atoms with Crippen LogP contribution in [0.2, 0.25) is 0 Å². The normalized spacial score (nSPS) is 14.5. The van der Waals surface area contributed by atoms with Crippen LogP contribution in [0.3, 0.4) is 0 Å². The molecule has 6 rings (SSSR count). The third-order valence-corrected chi connectivity index (χ3v) is 9.35. The van der Waals surface area contributed by atoms with Crippen LogP contribution < -0.4 is 10.4 Å². The molecule has 5 aromatic rings. The van der Waals surface area contributed by atoms with Gasteiger partial charge in [-0.05, 0) is 116 Å². The van der Waals surface area contributed by atoms with Crippen molar-refractivity contribution in [2.45, 2.75) is 52.2 Å². The molecule has 239 valence electrons. The van der Waals surface area contributed by atoms with Crippen LogP contribution in [0.15, 0.2) is 157 Å². The molecule has 1 aliphatic rings. The molecule has 0 unspecified atom stereocenters. The van der Waals surface area contributed by atoms with Gasteiger partial charge in [-0.1, -0.05) is 121 Å². The van der Waals surface area contributed by atoms with Crippen molar-refractivity contribution >= 4 is 46.4 Å². The Balaban J connectivity index is 1.35. The van der Waals surface area contributed by atoms with Crippen LogP contribution >= 0.6 is 0 Å². The summed E-state index contributed by atoms with van der Waals surface area (Å²) >= 11 is 0. The van der Waals surface area contributed by atoms with E-state index in [0.717, 1.165) is 28.9 Å². The standard InChI is InChI=1S/C44H43BNO2/c1-6-7-13-32-14-8-10-17-40(32)34-20-26-37(27-21-34)46(39-30-24-36(25-31-39)45-48-44(4,5)43(2,3)47)38-28-22-35(23-29-38)42-19-12-16-33-15-9-11-18-41(33)42/h6-13,15-31,47H,14H2,1-5H3/b7-6-,32-13+. The number of aliphatic hydroxyl groups is 1. The monoisotopic (exact) mass is 628 g/mol. The van der Waals surface area contributed by atoms with Gasteiger partial charge in [-0.15, -0.1) is 0 Å². The van der Waals surface area contributed by atoms with Gasteiger partial charge in [0.15, 0.2) is 0 Å². The Morgan fingerprint density at radius 3 is 1.98 bits per heavy atom. The van der Waals surface area contributed by atoms with Gasteiger partial charge < -0.3 is 14.7 Å². The van der Waals surface area contributed by atoms with Gasteiger partial charge >= 0.3 is 7.48 Å². The average molecular weight is 629 g/mol. The first-order valence-corrected chi connectivity index (χ1v) is 16.7. The average Bonchev–Trinajstić information content (AvgIpc) is 3.10. The molecule has 0 spiro atoms. The molecule has 0 heterocycles. The summed E-state index contributed by atoms with van der Waals surface area (Å²) < 4.78 is 6.03. The molecule has 48 heavy (non-hydrogen) atoms. The predicted molar refractivity (Wildman–Crippen MR) is 206 cm³/mol. The van der Waals surface area contributed by atoms with Crippen molar-refractivity contribution in [3.8, 4) is 11.1 Å². The Kier molecular flexibility index (Phi) is 9.68.